The van der Waals surface area contributed by atoms with Crippen molar-refractivity contribution in [1.29, 1.82) is 0 Å². The van der Waals surface area contributed by atoms with Gasteiger partial charge in [-0.15, -0.1) is 0 Å². The zero-order valence-corrected chi connectivity index (χ0v) is 16.4. The first-order valence-electron chi connectivity index (χ1n) is 5.73. The lowest BCUT2D eigenvalue weighted by Crippen LogP contribution is -2.39. The SMILES string of the molecule is Cc1cc(Br)c(S(=O)(=O)NC(CBr)C(C)C)cc1Br. The van der Waals surface area contributed by atoms with Gasteiger partial charge in [0.15, 0.2) is 0 Å². The van der Waals surface area contributed by atoms with Crippen molar-refractivity contribution < 1.29 is 8.42 Å². The average Bonchev–Trinajstić information content (AvgIpc) is 2.30. The summed E-state index contributed by atoms with van der Waals surface area (Å²) in [6, 6.07) is 3.27. The summed E-state index contributed by atoms with van der Waals surface area (Å²) in [6.45, 7) is 5.87. The zero-order chi connectivity index (χ0) is 14.8. The lowest BCUT2D eigenvalue weighted by Gasteiger charge is -2.20. The quantitative estimate of drug-likeness (QED) is 0.645. The number of nitrogens with one attached hydrogen (secondary N) is 1. The van der Waals surface area contributed by atoms with E-state index in [4.69, 9.17) is 0 Å². The highest BCUT2D eigenvalue weighted by molar-refractivity contribution is 9.11. The Balaban J connectivity index is 3.17. The number of alkyl halides is 1. The Hall–Kier alpha value is 0.570. The lowest BCUT2D eigenvalue weighted by atomic mass is 10.1. The van der Waals surface area contributed by atoms with Crippen molar-refractivity contribution in [3.8, 4) is 0 Å². The van der Waals surface area contributed by atoms with Gasteiger partial charge in [0.25, 0.3) is 0 Å². The van der Waals surface area contributed by atoms with E-state index in [-0.39, 0.29) is 16.9 Å². The first-order valence-corrected chi connectivity index (χ1v) is 9.92. The van der Waals surface area contributed by atoms with Crippen molar-refractivity contribution >= 4 is 57.8 Å². The van der Waals surface area contributed by atoms with Gasteiger partial charge in [-0.25, -0.2) is 13.1 Å². The number of aryl methyl sites for hydroxylation is 1. The van der Waals surface area contributed by atoms with Crippen LogP contribution in [0.2, 0.25) is 0 Å². The number of rotatable bonds is 5. The van der Waals surface area contributed by atoms with Gasteiger partial charge in [-0.2, -0.15) is 0 Å². The molecule has 1 aromatic rings. The highest BCUT2D eigenvalue weighted by Gasteiger charge is 2.24. The minimum absolute atomic E-state index is 0.142. The van der Waals surface area contributed by atoms with Crippen LogP contribution in [0.5, 0.6) is 0 Å². The summed E-state index contributed by atoms with van der Waals surface area (Å²) in [5, 5.41) is 0.578. The van der Waals surface area contributed by atoms with Gasteiger partial charge in [-0.3, -0.25) is 0 Å². The number of sulfonamides is 1. The molecule has 0 aliphatic heterocycles. The van der Waals surface area contributed by atoms with Crippen molar-refractivity contribution in [2.45, 2.75) is 31.7 Å². The van der Waals surface area contributed by atoms with E-state index in [1.165, 1.54) is 0 Å². The summed E-state index contributed by atoms with van der Waals surface area (Å²) < 4.78 is 28.9. The molecule has 0 bridgehead atoms. The van der Waals surface area contributed by atoms with Gasteiger partial charge in [0.1, 0.15) is 0 Å². The fourth-order valence-corrected chi connectivity index (χ4v) is 5.63. The minimum atomic E-state index is -3.54. The van der Waals surface area contributed by atoms with Crippen LogP contribution in [0.3, 0.4) is 0 Å². The van der Waals surface area contributed by atoms with E-state index in [2.05, 4.69) is 52.5 Å². The van der Waals surface area contributed by atoms with Crippen molar-refractivity contribution in [2.75, 3.05) is 5.33 Å². The van der Waals surface area contributed by atoms with Gasteiger partial charge >= 0.3 is 0 Å². The summed E-state index contributed by atoms with van der Waals surface area (Å²) >= 11 is 10.0. The van der Waals surface area contributed by atoms with Crippen LogP contribution in [0.25, 0.3) is 0 Å². The largest absolute Gasteiger partial charge is 0.242 e. The van der Waals surface area contributed by atoms with Gasteiger partial charge in [0.05, 0.1) is 4.90 Å². The Morgan fingerprint density at radius 1 is 1.21 bits per heavy atom. The van der Waals surface area contributed by atoms with Crippen molar-refractivity contribution in [1.82, 2.24) is 4.72 Å². The fraction of sp³-hybridized carbons (Fsp3) is 0.500. The Kier molecular flexibility index (Phi) is 6.51. The molecule has 108 valence electrons. The monoisotopic (exact) mass is 475 g/mol. The van der Waals surface area contributed by atoms with E-state index < -0.39 is 10.0 Å². The molecule has 0 aliphatic rings. The third-order valence-corrected chi connectivity index (χ3v) is 6.78. The predicted octanol–water partition coefficient (Wildman–Crippen LogP) is 4.22. The maximum absolute atomic E-state index is 12.4. The molecule has 0 spiro atoms. The number of benzene rings is 1. The van der Waals surface area contributed by atoms with E-state index in [1.54, 1.807) is 12.1 Å². The molecule has 1 N–H and O–H groups in total. The second-order valence-corrected chi connectivity index (χ2v) is 8.70. The molecule has 0 aromatic heterocycles. The van der Waals surface area contributed by atoms with E-state index in [1.807, 2.05) is 20.8 Å². The smallest absolute Gasteiger partial charge is 0.207 e. The van der Waals surface area contributed by atoms with Gasteiger partial charge in [0.2, 0.25) is 10.0 Å². The second-order valence-electron chi connectivity index (χ2n) is 4.66. The van der Waals surface area contributed by atoms with Crippen LogP contribution < -0.4 is 4.72 Å². The zero-order valence-electron chi connectivity index (χ0n) is 10.9. The maximum atomic E-state index is 12.4. The molecular formula is C12H16Br3NO2S. The molecule has 1 aromatic carbocycles. The molecule has 1 atom stereocenters. The summed E-state index contributed by atoms with van der Waals surface area (Å²) in [7, 11) is -3.54. The highest BCUT2D eigenvalue weighted by atomic mass is 79.9. The van der Waals surface area contributed by atoms with Crippen molar-refractivity contribution in [2.24, 2.45) is 5.92 Å². The summed E-state index contributed by atoms with van der Waals surface area (Å²) in [6.07, 6.45) is 0. The topological polar surface area (TPSA) is 46.2 Å². The summed E-state index contributed by atoms with van der Waals surface area (Å²) in [4.78, 5) is 0.247. The lowest BCUT2D eigenvalue weighted by molar-refractivity contribution is 0.483. The van der Waals surface area contributed by atoms with E-state index in [0.717, 1.165) is 10.0 Å². The Morgan fingerprint density at radius 2 is 1.79 bits per heavy atom. The van der Waals surface area contributed by atoms with Crippen LogP contribution in [-0.4, -0.2) is 19.8 Å². The first-order chi connectivity index (χ1) is 8.69. The molecule has 0 amide bonds. The Bertz CT molecular complexity index is 558. The molecule has 0 radical (unpaired) electrons. The van der Waals surface area contributed by atoms with E-state index >= 15 is 0 Å². The molecule has 7 heteroatoms. The second kappa shape index (κ2) is 7.02. The molecule has 1 unspecified atom stereocenters. The van der Waals surface area contributed by atoms with Crippen LogP contribution in [0.1, 0.15) is 19.4 Å². The number of hydrogen-bond acceptors (Lipinski definition) is 2. The highest BCUT2D eigenvalue weighted by Crippen LogP contribution is 2.29. The minimum Gasteiger partial charge on any atom is -0.207 e. The fourth-order valence-electron chi connectivity index (χ4n) is 1.44. The van der Waals surface area contributed by atoms with Gasteiger partial charge in [-0.05, 0) is 46.5 Å². The molecule has 0 saturated heterocycles. The van der Waals surface area contributed by atoms with Gasteiger partial charge in [-0.1, -0.05) is 45.7 Å². The Morgan fingerprint density at radius 3 is 2.26 bits per heavy atom. The first kappa shape index (κ1) is 17.6. The Labute approximate surface area is 140 Å². The molecule has 0 saturated carbocycles. The van der Waals surface area contributed by atoms with E-state index in [9.17, 15) is 8.42 Å². The molecular weight excluding hydrogens is 462 g/mol. The van der Waals surface area contributed by atoms with Gasteiger partial charge in [0, 0.05) is 20.3 Å². The molecule has 0 fully saturated rings. The maximum Gasteiger partial charge on any atom is 0.242 e. The average molecular weight is 478 g/mol. The van der Waals surface area contributed by atoms with Crippen LogP contribution in [0.15, 0.2) is 26.0 Å². The molecule has 0 aliphatic carbocycles. The van der Waals surface area contributed by atoms with Crippen LogP contribution in [0, 0.1) is 12.8 Å². The van der Waals surface area contributed by atoms with Crippen LogP contribution >= 0.6 is 47.8 Å². The summed E-state index contributed by atoms with van der Waals surface area (Å²) in [5.74, 6) is 0.210. The third-order valence-electron chi connectivity index (χ3n) is 2.78. The van der Waals surface area contributed by atoms with Crippen LogP contribution in [-0.2, 0) is 10.0 Å². The standard InChI is InChI=1S/C12H16Br3NO2S/c1-7(2)11(6-13)16-19(17,18)12-5-9(14)8(3)4-10(12)15/h4-5,7,11,16H,6H2,1-3H3. The van der Waals surface area contributed by atoms with Crippen LogP contribution in [0.4, 0.5) is 0 Å². The number of hydrogen-bond donors (Lipinski definition) is 1. The summed E-state index contributed by atoms with van der Waals surface area (Å²) in [5.41, 5.74) is 0.978. The number of halogens is 3. The predicted molar refractivity (Wildman–Crippen MR) is 89.3 cm³/mol. The van der Waals surface area contributed by atoms with E-state index in [0.29, 0.717) is 9.80 Å². The molecule has 3 nitrogen and oxygen atoms in total. The van der Waals surface area contributed by atoms with Crippen molar-refractivity contribution in [3.05, 3.63) is 26.6 Å². The third kappa shape index (κ3) is 4.52. The normalized spacial score (nSPS) is 13.8. The van der Waals surface area contributed by atoms with Gasteiger partial charge < -0.3 is 0 Å². The molecule has 0 heterocycles. The molecule has 1 rings (SSSR count). The molecule has 19 heavy (non-hydrogen) atoms. The van der Waals surface area contributed by atoms with Crippen molar-refractivity contribution in [3.63, 3.8) is 0 Å².